The van der Waals surface area contributed by atoms with E-state index in [0.717, 1.165) is 25.7 Å². The number of hydrogen-bond acceptors (Lipinski definition) is 3. The lowest BCUT2D eigenvalue weighted by Gasteiger charge is -2.20. The average Bonchev–Trinajstić information content (AvgIpc) is 2.38. The molecule has 1 aromatic carbocycles. The molecule has 1 rings (SSSR count). The highest BCUT2D eigenvalue weighted by atomic mass is 16.4. The Morgan fingerprint density at radius 1 is 1.25 bits per heavy atom. The number of anilines is 1. The molecule has 0 heterocycles. The molecule has 0 aliphatic heterocycles. The van der Waals surface area contributed by atoms with E-state index in [4.69, 9.17) is 10.8 Å². The van der Waals surface area contributed by atoms with Crippen LogP contribution >= 0.6 is 0 Å². The lowest BCUT2D eigenvalue weighted by molar-refractivity contribution is 0.0696. The molecule has 0 bridgehead atoms. The maximum absolute atomic E-state index is 11.4. The molecule has 5 heteroatoms. The molecule has 0 spiro atoms. The van der Waals surface area contributed by atoms with Crippen molar-refractivity contribution in [3.63, 3.8) is 0 Å². The van der Waals surface area contributed by atoms with Gasteiger partial charge < -0.3 is 16.2 Å². The van der Waals surface area contributed by atoms with Gasteiger partial charge in [0, 0.05) is 11.7 Å². The first kappa shape index (κ1) is 16.0. The fourth-order valence-electron chi connectivity index (χ4n) is 2.22. The number of nitrogens with two attached hydrogens (primary N) is 1. The second-order valence-electron chi connectivity index (χ2n) is 4.85. The third kappa shape index (κ3) is 4.26. The summed E-state index contributed by atoms with van der Waals surface area (Å²) in [6.07, 6.45) is 3.96. The van der Waals surface area contributed by atoms with Crippen molar-refractivity contribution < 1.29 is 14.7 Å². The monoisotopic (exact) mass is 278 g/mol. The fraction of sp³-hybridized carbons (Fsp3) is 0.467. The Morgan fingerprint density at radius 2 is 1.85 bits per heavy atom. The van der Waals surface area contributed by atoms with Gasteiger partial charge in [-0.2, -0.15) is 0 Å². The van der Waals surface area contributed by atoms with Crippen LogP contribution in [-0.2, 0) is 0 Å². The quantitative estimate of drug-likeness (QED) is 0.681. The minimum absolute atomic E-state index is 0.143. The van der Waals surface area contributed by atoms with Crippen LogP contribution in [-0.4, -0.2) is 23.0 Å². The summed E-state index contributed by atoms with van der Waals surface area (Å²) >= 11 is 0. The average molecular weight is 278 g/mol. The van der Waals surface area contributed by atoms with Gasteiger partial charge in [-0.1, -0.05) is 26.7 Å². The lowest BCUT2D eigenvalue weighted by Crippen LogP contribution is -2.22. The van der Waals surface area contributed by atoms with Crippen molar-refractivity contribution in [1.29, 1.82) is 0 Å². The highest BCUT2D eigenvalue weighted by molar-refractivity contribution is 6.00. The molecule has 0 unspecified atom stereocenters. The van der Waals surface area contributed by atoms with Gasteiger partial charge in [0.1, 0.15) is 0 Å². The zero-order chi connectivity index (χ0) is 15.1. The molecule has 110 valence electrons. The number of carbonyl (C=O) groups excluding carboxylic acids is 1. The number of benzene rings is 1. The number of primary amides is 1. The van der Waals surface area contributed by atoms with Crippen LogP contribution in [0.15, 0.2) is 18.2 Å². The Morgan fingerprint density at radius 3 is 2.30 bits per heavy atom. The van der Waals surface area contributed by atoms with Crippen LogP contribution < -0.4 is 11.1 Å². The number of carboxylic acid groups (broad SMARTS) is 1. The summed E-state index contributed by atoms with van der Waals surface area (Å²) in [4.78, 5) is 22.5. The molecule has 0 atom stereocenters. The van der Waals surface area contributed by atoms with Crippen molar-refractivity contribution in [2.45, 2.75) is 45.6 Å². The molecule has 0 aromatic heterocycles. The first-order chi connectivity index (χ1) is 9.49. The Labute approximate surface area is 119 Å². The molecule has 20 heavy (non-hydrogen) atoms. The van der Waals surface area contributed by atoms with E-state index in [2.05, 4.69) is 19.2 Å². The number of carbonyl (C=O) groups is 2. The van der Waals surface area contributed by atoms with Crippen molar-refractivity contribution in [1.82, 2.24) is 0 Å². The Hall–Kier alpha value is -2.04. The van der Waals surface area contributed by atoms with Gasteiger partial charge in [0.2, 0.25) is 0 Å². The SMILES string of the molecule is CCCC(CCC)Nc1cc(C(=O)O)ccc1C(N)=O. The maximum atomic E-state index is 11.4. The van der Waals surface area contributed by atoms with Crippen molar-refractivity contribution >= 4 is 17.6 Å². The van der Waals surface area contributed by atoms with Crippen LogP contribution in [0.3, 0.4) is 0 Å². The third-order valence-electron chi connectivity index (χ3n) is 3.17. The molecule has 0 fully saturated rings. The van der Waals surface area contributed by atoms with Crippen LogP contribution in [0.5, 0.6) is 0 Å². The highest BCUT2D eigenvalue weighted by Crippen LogP contribution is 2.21. The maximum Gasteiger partial charge on any atom is 0.335 e. The summed E-state index contributed by atoms with van der Waals surface area (Å²) in [5, 5.41) is 12.3. The van der Waals surface area contributed by atoms with Gasteiger partial charge in [0.15, 0.2) is 0 Å². The van der Waals surface area contributed by atoms with E-state index < -0.39 is 11.9 Å². The van der Waals surface area contributed by atoms with Gasteiger partial charge in [-0.15, -0.1) is 0 Å². The number of amides is 1. The minimum Gasteiger partial charge on any atom is -0.478 e. The first-order valence-corrected chi connectivity index (χ1v) is 6.93. The number of hydrogen-bond donors (Lipinski definition) is 3. The molecule has 5 nitrogen and oxygen atoms in total. The van der Waals surface area contributed by atoms with Gasteiger partial charge >= 0.3 is 5.97 Å². The number of rotatable bonds is 8. The predicted octanol–water partition coefficient (Wildman–Crippen LogP) is 2.86. The molecule has 4 N–H and O–H groups in total. The summed E-state index contributed by atoms with van der Waals surface area (Å²) in [7, 11) is 0. The molecule has 0 aliphatic rings. The summed E-state index contributed by atoms with van der Waals surface area (Å²) in [5.41, 5.74) is 6.31. The smallest absolute Gasteiger partial charge is 0.335 e. The van der Waals surface area contributed by atoms with Crippen LogP contribution in [0, 0.1) is 0 Å². The summed E-state index contributed by atoms with van der Waals surface area (Å²) < 4.78 is 0. The van der Waals surface area contributed by atoms with Gasteiger partial charge in [-0.05, 0) is 31.0 Å². The lowest BCUT2D eigenvalue weighted by atomic mass is 10.0. The summed E-state index contributed by atoms with van der Waals surface area (Å²) in [5.74, 6) is -1.58. The second-order valence-corrected chi connectivity index (χ2v) is 4.85. The molecule has 1 amide bonds. The molecule has 0 saturated heterocycles. The normalized spacial score (nSPS) is 10.6. The van der Waals surface area contributed by atoms with Crippen LogP contribution in [0.2, 0.25) is 0 Å². The zero-order valence-corrected chi connectivity index (χ0v) is 12.0. The van der Waals surface area contributed by atoms with Gasteiger partial charge in [0.25, 0.3) is 5.91 Å². The molecule has 0 saturated carbocycles. The molecular formula is C15H22N2O3. The fourth-order valence-corrected chi connectivity index (χ4v) is 2.22. The standard InChI is InChI=1S/C15H22N2O3/c1-3-5-11(6-4-2)17-13-9-10(15(19)20)7-8-12(13)14(16)18/h7-9,11,17H,3-6H2,1-2H3,(H2,16,18)(H,19,20). The molecule has 1 aromatic rings. The van der Waals surface area contributed by atoms with E-state index in [9.17, 15) is 9.59 Å². The summed E-state index contributed by atoms with van der Waals surface area (Å²) in [6, 6.07) is 4.54. The van der Waals surface area contributed by atoms with Crippen molar-refractivity contribution in [2.24, 2.45) is 5.73 Å². The first-order valence-electron chi connectivity index (χ1n) is 6.93. The Balaban J connectivity index is 3.07. The zero-order valence-electron chi connectivity index (χ0n) is 12.0. The molecule has 0 radical (unpaired) electrons. The van der Waals surface area contributed by atoms with Crippen LogP contribution in [0.4, 0.5) is 5.69 Å². The highest BCUT2D eigenvalue weighted by Gasteiger charge is 2.15. The van der Waals surface area contributed by atoms with Crippen LogP contribution in [0.1, 0.15) is 60.2 Å². The molecular weight excluding hydrogens is 256 g/mol. The number of carboxylic acids is 1. The third-order valence-corrected chi connectivity index (χ3v) is 3.17. The van der Waals surface area contributed by atoms with E-state index in [-0.39, 0.29) is 11.6 Å². The van der Waals surface area contributed by atoms with E-state index in [1.807, 2.05) is 0 Å². The van der Waals surface area contributed by atoms with E-state index >= 15 is 0 Å². The second kappa shape index (κ2) is 7.53. The predicted molar refractivity (Wildman–Crippen MR) is 79.1 cm³/mol. The van der Waals surface area contributed by atoms with E-state index in [1.165, 1.54) is 18.2 Å². The largest absolute Gasteiger partial charge is 0.478 e. The van der Waals surface area contributed by atoms with Gasteiger partial charge in [-0.25, -0.2) is 4.79 Å². The Bertz CT molecular complexity index is 480. The van der Waals surface area contributed by atoms with Crippen molar-refractivity contribution in [3.05, 3.63) is 29.3 Å². The van der Waals surface area contributed by atoms with E-state index in [0.29, 0.717) is 11.3 Å². The number of nitrogens with one attached hydrogen (secondary N) is 1. The Kier molecular flexibility index (Phi) is 6.03. The van der Waals surface area contributed by atoms with Crippen molar-refractivity contribution in [3.8, 4) is 0 Å². The number of aromatic carboxylic acids is 1. The topological polar surface area (TPSA) is 92.4 Å². The van der Waals surface area contributed by atoms with Gasteiger partial charge in [0.05, 0.1) is 11.1 Å². The molecule has 0 aliphatic carbocycles. The van der Waals surface area contributed by atoms with E-state index in [1.54, 1.807) is 0 Å². The minimum atomic E-state index is -1.02. The van der Waals surface area contributed by atoms with Gasteiger partial charge in [-0.3, -0.25) is 4.79 Å². The summed E-state index contributed by atoms with van der Waals surface area (Å²) in [6.45, 7) is 4.18. The van der Waals surface area contributed by atoms with Crippen molar-refractivity contribution in [2.75, 3.05) is 5.32 Å². The van der Waals surface area contributed by atoms with Crippen LogP contribution in [0.25, 0.3) is 0 Å².